The van der Waals surface area contributed by atoms with Crippen LogP contribution in [0.1, 0.15) is 87.6 Å². The van der Waals surface area contributed by atoms with Gasteiger partial charge in [-0.2, -0.15) is 0 Å². The Balaban J connectivity index is 1.96. The molecule has 0 saturated carbocycles. The fourth-order valence-corrected chi connectivity index (χ4v) is 6.55. The molecule has 3 rings (SSSR count). The number of aliphatic imine (C=N–C) groups is 2. The molecule has 0 unspecified atom stereocenters. The van der Waals surface area contributed by atoms with Gasteiger partial charge >= 0.3 is 23.9 Å². The summed E-state index contributed by atoms with van der Waals surface area (Å²) in [4.78, 5) is 61.4. The van der Waals surface area contributed by atoms with Crippen molar-refractivity contribution in [1.29, 1.82) is 0 Å². The summed E-state index contributed by atoms with van der Waals surface area (Å²) in [7, 11) is 1.77. The van der Waals surface area contributed by atoms with Crippen LogP contribution in [0, 0.1) is 18.8 Å². The maximum Gasteiger partial charge on any atom is 0.303 e. The number of hydrogen-bond acceptors (Lipinski definition) is 13. The van der Waals surface area contributed by atoms with Gasteiger partial charge < -0.3 is 38.7 Å². The quantitative estimate of drug-likeness (QED) is 0.116. The first-order chi connectivity index (χ1) is 25.5. The van der Waals surface area contributed by atoms with Crippen LogP contribution in [0.3, 0.4) is 0 Å². The third-order valence-electron chi connectivity index (χ3n) is 9.31. The summed E-state index contributed by atoms with van der Waals surface area (Å²) >= 11 is 0. The summed E-state index contributed by atoms with van der Waals surface area (Å²) in [5, 5.41) is 5.42. The summed E-state index contributed by atoms with van der Waals surface area (Å²) in [6.07, 6.45) is -0.765. The van der Waals surface area contributed by atoms with Crippen LogP contribution in [0.25, 0.3) is 11.6 Å². The molecule has 1 aromatic rings. The fourth-order valence-electron chi connectivity index (χ4n) is 6.55. The second-order valence-corrected chi connectivity index (χ2v) is 13.9. The summed E-state index contributed by atoms with van der Waals surface area (Å²) in [5.74, 6) is -2.58. The standard InChI is InChI=1S/C40H58N4O10/c1-13-42-31(21(2)3)19-34-24(6)30(36(44-34)25(7)33-17-22(4)32(43-33)18-23(5)41-12)15-14-16-49-40-39(53-29(11)48)38(52-28(10)47)37(51-27(9)46)35(54-40)20-50-26(8)45/h17-19,24,30,35,37-40,42-43H,13-16,20H2,1-12H3/b32-18-,33-25-,34-19-,41-23?/t24-,30-,35+,37+,38-,39+,40+/m0/s1. The highest BCUT2D eigenvalue weighted by molar-refractivity contribution is 6.20. The molecular formula is C40H58N4O10. The summed E-state index contributed by atoms with van der Waals surface area (Å²) < 4.78 is 34.1. The molecule has 1 saturated heterocycles. The number of hydrogen-bond donors (Lipinski definition) is 2. The largest absolute Gasteiger partial charge is 0.463 e. The van der Waals surface area contributed by atoms with Crippen molar-refractivity contribution in [2.75, 3.05) is 26.8 Å². The number of nitrogens with zero attached hydrogens (tertiary/aromatic N) is 2. The second-order valence-electron chi connectivity index (χ2n) is 13.9. The van der Waals surface area contributed by atoms with E-state index < -0.39 is 54.6 Å². The molecule has 2 N–H and O–H groups in total. The normalized spacial score (nSPS) is 25.8. The smallest absolute Gasteiger partial charge is 0.303 e. The van der Waals surface area contributed by atoms with Crippen molar-refractivity contribution < 1.29 is 47.6 Å². The number of esters is 4. The van der Waals surface area contributed by atoms with Crippen molar-refractivity contribution in [3.8, 4) is 0 Å². The Morgan fingerprint density at radius 1 is 0.926 bits per heavy atom. The lowest BCUT2D eigenvalue weighted by Crippen LogP contribution is -2.63. The minimum Gasteiger partial charge on any atom is -0.463 e. The van der Waals surface area contributed by atoms with E-state index in [9.17, 15) is 19.2 Å². The van der Waals surface area contributed by atoms with Crippen LogP contribution in [0.2, 0.25) is 0 Å². The number of rotatable bonds is 15. The maximum atomic E-state index is 12.3. The van der Waals surface area contributed by atoms with E-state index in [1.165, 1.54) is 27.7 Å². The zero-order valence-corrected chi connectivity index (χ0v) is 33.8. The number of aryl methyl sites for hydroxylation is 1. The average Bonchev–Trinajstić information content (AvgIpc) is 3.61. The van der Waals surface area contributed by atoms with Crippen LogP contribution >= 0.6 is 0 Å². The Labute approximate surface area is 318 Å². The summed E-state index contributed by atoms with van der Waals surface area (Å²) in [6.45, 7) is 19.9. The first-order valence-electron chi connectivity index (χ1n) is 18.4. The van der Waals surface area contributed by atoms with Crippen LogP contribution in [0.5, 0.6) is 0 Å². The van der Waals surface area contributed by atoms with Gasteiger partial charge in [-0.1, -0.05) is 12.5 Å². The van der Waals surface area contributed by atoms with Gasteiger partial charge in [-0.15, -0.1) is 0 Å². The molecule has 1 aromatic heterocycles. The number of aromatic amines is 1. The third-order valence-corrected chi connectivity index (χ3v) is 9.31. The molecule has 54 heavy (non-hydrogen) atoms. The van der Waals surface area contributed by atoms with Gasteiger partial charge in [0.05, 0.1) is 0 Å². The second kappa shape index (κ2) is 20.2. The van der Waals surface area contributed by atoms with Crippen molar-refractivity contribution in [3.63, 3.8) is 0 Å². The zero-order chi connectivity index (χ0) is 40.3. The molecule has 2 aliphatic heterocycles. The molecule has 1 fully saturated rings. The topological polar surface area (TPSA) is 176 Å². The minimum absolute atomic E-state index is 0.0327. The number of H-pyrrole nitrogens is 1. The molecular weight excluding hydrogens is 696 g/mol. The van der Waals surface area contributed by atoms with E-state index in [0.29, 0.717) is 12.8 Å². The molecule has 298 valence electrons. The zero-order valence-electron chi connectivity index (χ0n) is 33.8. The molecule has 3 heterocycles. The number of carbonyl (C=O) groups excluding carboxylic acids is 4. The Kier molecular flexibility index (Phi) is 16.4. The molecule has 14 nitrogen and oxygen atoms in total. The van der Waals surface area contributed by atoms with E-state index in [1.807, 2.05) is 13.0 Å². The number of aromatic nitrogens is 1. The molecule has 7 atom stereocenters. The Morgan fingerprint density at radius 3 is 2.13 bits per heavy atom. The number of carbonyl (C=O) groups is 4. The van der Waals surface area contributed by atoms with E-state index >= 15 is 0 Å². The lowest BCUT2D eigenvalue weighted by Gasteiger charge is -2.44. The highest BCUT2D eigenvalue weighted by atomic mass is 16.7. The van der Waals surface area contributed by atoms with Crippen LogP contribution in [-0.4, -0.2) is 97.8 Å². The lowest BCUT2D eigenvalue weighted by molar-refractivity contribution is -0.308. The van der Waals surface area contributed by atoms with Crippen LogP contribution in [-0.2, 0) is 47.6 Å². The predicted molar refractivity (Wildman–Crippen MR) is 205 cm³/mol. The average molecular weight is 755 g/mol. The van der Waals surface area contributed by atoms with Crippen molar-refractivity contribution in [1.82, 2.24) is 10.3 Å². The fraction of sp³-hybridized carbons (Fsp3) is 0.600. The Morgan fingerprint density at radius 2 is 1.56 bits per heavy atom. The molecule has 0 radical (unpaired) electrons. The number of ether oxygens (including phenoxy) is 6. The molecule has 2 aliphatic rings. The SMILES string of the molecule is CCNC(/C=C1N=C(/C(C)=c2/cc(C)/c(=C/C(C)=NC)[nH]2)[C@@H](CCCO[C@@H]2O[C@H](COC(C)=O)[C@@H](OC(C)=O)[C@H](OC(C)=O)[C@H]2OC(C)=O)[C@@H]\1C)=C(C)C. The first kappa shape index (κ1) is 43.8. The van der Waals surface area contributed by atoms with E-state index in [0.717, 1.165) is 56.8 Å². The van der Waals surface area contributed by atoms with Crippen molar-refractivity contribution in [2.24, 2.45) is 21.8 Å². The first-order valence-corrected chi connectivity index (χ1v) is 18.4. The number of allylic oxidation sites excluding steroid dienone is 3. The van der Waals surface area contributed by atoms with Gasteiger partial charge in [0.15, 0.2) is 24.6 Å². The molecule has 0 bridgehead atoms. The van der Waals surface area contributed by atoms with Gasteiger partial charge in [0.2, 0.25) is 0 Å². The summed E-state index contributed by atoms with van der Waals surface area (Å²) in [5.41, 5.74) is 7.18. The third kappa shape index (κ3) is 12.0. The van der Waals surface area contributed by atoms with Crippen LogP contribution < -0.4 is 16.0 Å². The van der Waals surface area contributed by atoms with Gasteiger partial charge in [-0.3, -0.25) is 29.2 Å². The molecule has 0 aliphatic carbocycles. The van der Waals surface area contributed by atoms with Crippen molar-refractivity contribution >= 4 is 46.9 Å². The van der Waals surface area contributed by atoms with Gasteiger partial charge in [-0.25, -0.2) is 0 Å². The Hall–Kier alpha value is -4.56. The van der Waals surface area contributed by atoms with Crippen molar-refractivity contribution in [2.45, 2.75) is 120 Å². The van der Waals surface area contributed by atoms with Gasteiger partial charge in [0, 0.05) is 93.2 Å². The summed E-state index contributed by atoms with van der Waals surface area (Å²) in [6, 6.07) is 2.13. The van der Waals surface area contributed by atoms with E-state index in [1.54, 1.807) is 7.05 Å². The van der Waals surface area contributed by atoms with Crippen LogP contribution in [0.15, 0.2) is 39.1 Å². The van der Waals surface area contributed by atoms with Crippen molar-refractivity contribution in [3.05, 3.63) is 45.4 Å². The van der Waals surface area contributed by atoms with Gasteiger partial charge in [-0.05, 0) is 83.7 Å². The number of likely N-dealkylation sites (N-methyl/N-ethyl adjacent to an activating group) is 1. The molecule has 0 amide bonds. The minimum atomic E-state index is -1.30. The monoisotopic (exact) mass is 754 g/mol. The number of nitrogens with one attached hydrogen (secondary N) is 2. The van der Waals surface area contributed by atoms with E-state index in [4.69, 9.17) is 33.4 Å². The predicted octanol–water partition coefficient (Wildman–Crippen LogP) is 3.74. The van der Waals surface area contributed by atoms with Gasteiger partial charge in [0.25, 0.3) is 0 Å². The molecule has 14 heteroatoms. The van der Waals surface area contributed by atoms with Crippen LogP contribution in [0.4, 0.5) is 0 Å². The molecule has 0 aromatic carbocycles. The van der Waals surface area contributed by atoms with Gasteiger partial charge in [0.1, 0.15) is 12.7 Å². The van der Waals surface area contributed by atoms with E-state index in [-0.39, 0.29) is 25.0 Å². The van der Waals surface area contributed by atoms with E-state index in [2.05, 4.69) is 69.0 Å². The highest BCUT2D eigenvalue weighted by Gasteiger charge is 2.52. The molecule has 0 spiro atoms. The Bertz CT molecular complexity index is 1780. The maximum absolute atomic E-state index is 12.3. The highest BCUT2D eigenvalue weighted by Crippen LogP contribution is 2.37. The lowest BCUT2D eigenvalue weighted by atomic mass is 9.84.